The zero-order valence-corrected chi connectivity index (χ0v) is 13.7. The fraction of sp³-hybridized carbons (Fsp3) is 0.235. The third kappa shape index (κ3) is 4.60. The number of nitrogens with one attached hydrogen (secondary N) is 1. The lowest BCUT2D eigenvalue weighted by Gasteiger charge is -2.15. The molecule has 0 bridgehead atoms. The van der Waals surface area contributed by atoms with Gasteiger partial charge in [-0.2, -0.15) is 0 Å². The Kier molecular flexibility index (Phi) is 5.39. The molecule has 0 radical (unpaired) electrons. The quantitative estimate of drug-likeness (QED) is 0.887. The predicted molar refractivity (Wildman–Crippen MR) is 87.4 cm³/mol. The molecule has 0 heterocycles. The third-order valence-corrected chi connectivity index (χ3v) is 3.67. The highest BCUT2D eigenvalue weighted by atomic mass is 79.9. The summed E-state index contributed by atoms with van der Waals surface area (Å²) in [5, 5.41) is 2.92. The molecule has 1 amide bonds. The van der Waals surface area contributed by atoms with Gasteiger partial charge in [0.05, 0.1) is 6.04 Å². The number of rotatable bonds is 5. The first-order valence-corrected chi connectivity index (χ1v) is 7.59. The zero-order valence-electron chi connectivity index (χ0n) is 12.1. The van der Waals surface area contributed by atoms with Crippen LogP contribution in [0.5, 0.6) is 5.75 Å². The van der Waals surface area contributed by atoms with E-state index in [-0.39, 0.29) is 18.6 Å². The molecule has 110 valence electrons. The van der Waals surface area contributed by atoms with Crippen molar-refractivity contribution in [3.05, 3.63) is 64.1 Å². The van der Waals surface area contributed by atoms with Crippen LogP contribution < -0.4 is 10.1 Å². The summed E-state index contributed by atoms with van der Waals surface area (Å²) >= 11 is 3.40. The molecule has 2 rings (SSSR count). The minimum atomic E-state index is -0.131. The highest BCUT2D eigenvalue weighted by Gasteiger charge is 2.10. The van der Waals surface area contributed by atoms with Crippen LogP contribution in [0.1, 0.15) is 24.1 Å². The van der Waals surface area contributed by atoms with Crippen molar-refractivity contribution in [1.29, 1.82) is 0 Å². The van der Waals surface area contributed by atoms with Gasteiger partial charge in [-0.05, 0) is 43.2 Å². The Labute approximate surface area is 133 Å². The van der Waals surface area contributed by atoms with Gasteiger partial charge in [-0.3, -0.25) is 4.79 Å². The van der Waals surface area contributed by atoms with Crippen LogP contribution in [0.25, 0.3) is 0 Å². The van der Waals surface area contributed by atoms with Gasteiger partial charge in [0, 0.05) is 4.47 Å². The maximum Gasteiger partial charge on any atom is 0.258 e. The van der Waals surface area contributed by atoms with Crippen LogP contribution >= 0.6 is 15.9 Å². The summed E-state index contributed by atoms with van der Waals surface area (Å²) in [5.74, 6) is 0.592. The summed E-state index contributed by atoms with van der Waals surface area (Å²) in [6.45, 7) is 3.92. The van der Waals surface area contributed by atoms with Gasteiger partial charge >= 0.3 is 0 Å². The average Bonchev–Trinajstić information content (AvgIpc) is 2.47. The minimum absolute atomic E-state index is 0.0135. The summed E-state index contributed by atoms with van der Waals surface area (Å²) < 4.78 is 6.55. The second-order valence-electron chi connectivity index (χ2n) is 4.90. The number of ether oxygens (including phenoxy) is 1. The summed E-state index contributed by atoms with van der Waals surface area (Å²) in [5.41, 5.74) is 2.07. The molecule has 0 aromatic heterocycles. The maximum atomic E-state index is 11.9. The molecule has 21 heavy (non-hydrogen) atoms. The van der Waals surface area contributed by atoms with Crippen LogP contribution in [0.2, 0.25) is 0 Å². The first-order chi connectivity index (χ1) is 10.1. The number of benzene rings is 2. The van der Waals surface area contributed by atoms with E-state index in [0.29, 0.717) is 0 Å². The van der Waals surface area contributed by atoms with Crippen LogP contribution in [0.15, 0.2) is 53.0 Å². The van der Waals surface area contributed by atoms with E-state index in [2.05, 4.69) is 21.2 Å². The fourth-order valence-electron chi connectivity index (χ4n) is 2.03. The fourth-order valence-corrected chi connectivity index (χ4v) is 2.50. The molecular formula is C17H18BrNO2. The van der Waals surface area contributed by atoms with E-state index >= 15 is 0 Å². The number of amides is 1. The topological polar surface area (TPSA) is 38.3 Å². The lowest BCUT2D eigenvalue weighted by atomic mass is 10.1. The van der Waals surface area contributed by atoms with E-state index in [1.165, 1.54) is 0 Å². The molecule has 0 aliphatic heterocycles. The Bertz CT molecular complexity index is 613. The lowest BCUT2D eigenvalue weighted by Crippen LogP contribution is -2.31. The zero-order chi connectivity index (χ0) is 15.2. The molecule has 2 aromatic rings. The van der Waals surface area contributed by atoms with E-state index in [1.807, 2.05) is 62.4 Å². The Morgan fingerprint density at radius 1 is 1.24 bits per heavy atom. The Hall–Kier alpha value is -1.81. The third-order valence-electron chi connectivity index (χ3n) is 3.17. The number of aryl methyl sites for hydroxylation is 1. The normalized spacial score (nSPS) is 11.8. The number of carbonyl (C=O) groups is 1. The van der Waals surface area contributed by atoms with Gasteiger partial charge in [-0.1, -0.05) is 46.3 Å². The Morgan fingerprint density at radius 3 is 2.62 bits per heavy atom. The molecule has 3 nitrogen and oxygen atoms in total. The SMILES string of the molecule is Cc1cc(Br)ccc1OCC(=O)NC(C)c1ccccc1. The number of hydrogen-bond acceptors (Lipinski definition) is 2. The van der Waals surface area contributed by atoms with Crippen molar-refractivity contribution in [3.8, 4) is 5.75 Å². The molecule has 4 heteroatoms. The van der Waals surface area contributed by atoms with E-state index in [9.17, 15) is 4.79 Å². The van der Waals surface area contributed by atoms with E-state index in [1.54, 1.807) is 0 Å². The first kappa shape index (κ1) is 15.6. The first-order valence-electron chi connectivity index (χ1n) is 6.79. The van der Waals surface area contributed by atoms with Crippen LogP contribution in [-0.2, 0) is 4.79 Å². The molecule has 2 aromatic carbocycles. The molecule has 0 saturated heterocycles. The van der Waals surface area contributed by atoms with E-state index in [0.717, 1.165) is 21.3 Å². The van der Waals surface area contributed by atoms with Gasteiger partial charge in [-0.15, -0.1) is 0 Å². The van der Waals surface area contributed by atoms with Gasteiger partial charge < -0.3 is 10.1 Å². The summed E-state index contributed by atoms with van der Waals surface area (Å²) in [4.78, 5) is 11.9. The average molecular weight is 348 g/mol. The monoisotopic (exact) mass is 347 g/mol. The molecular weight excluding hydrogens is 330 g/mol. The number of carbonyl (C=O) groups excluding carboxylic acids is 1. The molecule has 1 unspecified atom stereocenters. The molecule has 0 aliphatic rings. The van der Waals surface area contributed by atoms with Crippen LogP contribution in [0.3, 0.4) is 0 Å². The van der Waals surface area contributed by atoms with Gasteiger partial charge in [0.15, 0.2) is 6.61 Å². The standard InChI is InChI=1S/C17H18BrNO2/c1-12-10-15(18)8-9-16(12)21-11-17(20)19-13(2)14-6-4-3-5-7-14/h3-10,13H,11H2,1-2H3,(H,19,20). The van der Waals surface area contributed by atoms with Crippen molar-refractivity contribution >= 4 is 21.8 Å². The summed E-state index contributed by atoms with van der Waals surface area (Å²) in [6, 6.07) is 15.5. The molecule has 0 spiro atoms. The lowest BCUT2D eigenvalue weighted by molar-refractivity contribution is -0.123. The smallest absolute Gasteiger partial charge is 0.258 e. The molecule has 0 fully saturated rings. The highest BCUT2D eigenvalue weighted by molar-refractivity contribution is 9.10. The molecule has 1 atom stereocenters. The molecule has 0 aliphatic carbocycles. The van der Waals surface area contributed by atoms with E-state index < -0.39 is 0 Å². The minimum Gasteiger partial charge on any atom is -0.484 e. The summed E-state index contributed by atoms with van der Waals surface area (Å²) in [7, 11) is 0. The van der Waals surface area contributed by atoms with Crippen LogP contribution in [0.4, 0.5) is 0 Å². The second kappa shape index (κ2) is 7.27. The van der Waals surface area contributed by atoms with Crippen molar-refractivity contribution in [2.75, 3.05) is 6.61 Å². The largest absolute Gasteiger partial charge is 0.484 e. The van der Waals surface area contributed by atoms with Gasteiger partial charge in [0.1, 0.15) is 5.75 Å². The van der Waals surface area contributed by atoms with Crippen molar-refractivity contribution < 1.29 is 9.53 Å². The van der Waals surface area contributed by atoms with Crippen molar-refractivity contribution in [3.63, 3.8) is 0 Å². The van der Waals surface area contributed by atoms with Crippen molar-refractivity contribution in [1.82, 2.24) is 5.32 Å². The van der Waals surface area contributed by atoms with Gasteiger partial charge in [0.25, 0.3) is 5.91 Å². The van der Waals surface area contributed by atoms with E-state index in [4.69, 9.17) is 4.74 Å². The maximum absolute atomic E-state index is 11.9. The summed E-state index contributed by atoms with van der Waals surface area (Å²) in [6.07, 6.45) is 0. The Morgan fingerprint density at radius 2 is 1.95 bits per heavy atom. The highest BCUT2D eigenvalue weighted by Crippen LogP contribution is 2.22. The van der Waals surface area contributed by atoms with Gasteiger partial charge in [-0.25, -0.2) is 0 Å². The predicted octanol–water partition coefficient (Wildman–Crippen LogP) is 4.01. The molecule has 0 saturated carbocycles. The van der Waals surface area contributed by atoms with Crippen molar-refractivity contribution in [2.24, 2.45) is 0 Å². The molecule has 1 N–H and O–H groups in total. The second-order valence-corrected chi connectivity index (χ2v) is 5.81. The number of hydrogen-bond donors (Lipinski definition) is 1. The Balaban J connectivity index is 1.87. The van der Waals surface area contributed by atoms with Crippen LogP contribution in [-0.4, -0.2) is 12.5 Å². The van der Waals surface area contributed by atoms with Gasteiger partial charge in [0.2, 0.25) is 0 Å². The van der Waals surface area contributed by atoms with Crippen LogP contribution in [0, 0.1) is 6.92 Å². The number of halogens is 1. The van der Waals surface area contributed by atoms with Crippen molar-refractivity contribution in [2.45, 2.75) is 19.9 Å².